The van der Waals surface area contributed by atoms with E-state index in [1.54, 1.807) is 9.80 Å². The van der Waals surface area contributed by atoms with Crippen molar-refractivity contribution in [1.82, 2.24) is 9.80 Å². The maximum atomic E-state index is 13.1. The highest BCUT2D eigenvalue weighted by molar-refractivity contribution is 6.34. The van der Waals surface area contributed by atoms with Crippen LogP contribution in [0, 0.1) is 0 Å². The number of amides is 2. The molecule has 0 aliphatic carbocycles. The zero-order valence-corrected chi connectivity index (χ0v) is 14.9. The molecule has 0 spiro atoms. The topological polar surface area (TPSA) is 60.9 Å². The van der Waals surface area contributed by atoms with Crippen molar-refractivity contribution in [2.24, 2.45) is 0 Å². The normalized spacial score (nSPS) is 14.2. The zero-order chi connectivity index (χ0) is 18.7. The number of halogens is 1. The predicted molar refractivity (Wildman–Crippen MR) is 101 cm³/mol. The van der Waals surface area contributed by atoms with Gasteiger partial charge in [0.2, 0.25) is 5.91 Å². The number of hydrogen-bond donors (Lipinski definition) is 1. The minimum Gasteiger partial charge on any atom is -0.508 e. The largest absolute Gasteiger partial charge is 0.508 e. The number of rotatable bonds is 3. The molecule has 1 fully saturated rings. The molecule has 0 aromatic heterocycles. The van der Waals surface area contributed by atoms with Crippen molar-refractivity contribution in [1.29, 1.82) is 0 Å². The second-order valence-electron chi connectivity index (χ2n) is 6.04. The highest BCUT2D eigenvalue weighted by Crippen LogP contribution is 2.35. The fourth-order valence-electron chi connectivity index (χ4n) is 3.09. The number of carbonyl (C=O) groups excluding carboxylic acids is 2. The van der Waals surface area contributed by atoms with Crippen LogP contribution in [0.4, 0.5) is 0 Å². The van der Waals surface area contributed by atoms with E-state index in [2.05, 4.69) is 6.58 Å². The van der Waals surface area contributed by atoms with Crippen LogP contribution in [0.2, 0.25) is 5.02 Å². The lowest BCUT2D eigenvalue weighted by Crippen LogP contribution is -2.50. The number of hydrogen-bond acceptors (Lipinski definition) is 3. The Labute approximate surface area is 157 Å². The predicted octanol–water partition coefficient (Wildman–Crippen LogP) is 3.18. The number of aromatic hydroxyl groups is 1. The van der Waals surface area contributed by atoms with Gasteiger partial charge in [0.1, 0.15) is 5.75 Å². The van der Waals surface area contributed by atoms with E-state index < -0.39 is 0 Å². The van der Waals surface area contributed by atoms with Gasteiger partial charge >= 0.3 is 0 Å². The van der Waals surface area contributed by atoms with Gasteiger partial charge in [0.25, 0.3) is 5.91 Å². The van der Waals surface area contributed by atoms with Gasteiger partial charge in [-0.05, 0) is 23.8 Å². The molecule has 0 atom stereocenters. The Morgan fingerprint density at radius 3 is 2.27 bits per heavy atom. The molecule has 2 amide bonds. The number of phenolic OH excluding ortho intramolecular Hbond substituents is 1. The van der Waals surface area contributed by atoms with Crippen LogP contribution < -0.4 is 0 Å². The molecule has 1 aliphatic rings. The van der Waals surface area contributed by atoms with E-state index in [0.29, 0.717) is 42.3 Å². The van der Waals surface area contributed by atoms with Gasteiger partial charge in [-0.3, -0.25) is 9.59 Å². The molecule has 134 valence electrons. The Morgan fingerprint density at radius 1 is 1.04 bits per heavy atom. The smallest absolute Gasteiger partial charge is 0.254 e. The lowest BCUT2D eigenvalue weighted by atomic mass is 9.98. The fraction of sp³-hybridized carbons (Fsp3) is 0.200. The van der Waals surface area contributed by atoms with E-state index in [9.17, 15) is 14.7 Å². The molecular weight excluding hydrogens is 352 g/mol. The maximum absolute atomic E-state index is 13.1. The number of carbonyl (C=O) groups is 2. The van der Waals surface area contributed by atoms with Gasteiger partial charge in [-0.2, -0.15) is 0 Å². The van der Waals surface area contributed by atoms with Crippen LogP contribution >= 0.6 is 11.6 Å². The summed E-state index contributed by atoms with van der Waals surface area (Å²) in [5, 5.41) is 10.3. The molecule has 1 N–H and O–H groups in total. The number of nitrogens with zero attached hydrogens (tertiary/aromatic N) is 2. The summed E-state index contributed by atoms with van der Waals surface area (Å²) < 4.78 is 0. The lowest BCUT2D eigenvalue weighted by Gasteiger charge is -2.34. The first-order chi connectivity index (χ1) is 12.5. The van der Waals surface area contributed by atoms with Crippen molar-refractivity contribution in [2.45, 2.75) is 0 Å². The number of phenols is 1. The molecule has 3 rings (SSSR count). The minimum atomic E-state index is -0.215. The van der Waals surface area contributed by atoms with Crippen LogP contribution in [-0.2, 0) is 4.79 Å². The Kier molecular flexibility index (Phi) is 5.28. The van der Waals surface area contributed by atoms with Crippen molar-refractivity contribution in [2.75, 3.05) is 26.2 Å². The highest BCUT2D eigenvalue weighted by Gasteiger charge is 2.26. The molecule has 26 heavy (non-hydrogen) atoms. The van der Waals surface area contributed by atoms with Crippen molar-refractivity contribution in [3.05, 3.63) is 65.7 Å². The molecule has 0 saturated carbocycles. The van der Waals surface area contributed by atoms with Gasteiger partial charge in [0.15, 0.2) is 0 Å². The fourth-order valence-corrected chi connectivity index (χ4v) is 3.41. The summed E-state index contributed by atoms with van der Waals surface area (Å²) in [4.78, 5) is 28.1. The molecule has 5 nitrogen and oxygen atoms in total. The molecule has 0 radical (unpaired) electrons. The van der Waals surface area contributed by atoms with Crippen LogP contribution in [0.5, 0.6) is 5.75 Å². The van der Waals surface area contributed by atoms with Crippen LogP contribution in [-0.4, -0.2) is 52.9 Å². The molecule has 6 heteroatoms. The van der Waals surface area contributed by atoms with Crippen molar-refractivity contribution < 1.29 is 14.7 Å². The Bertz CT molecular complexity index is 844. The van der Waals surface area contributed by atoms with E-state index in [1.165, 1.54) is 18.2 Å². The molecule has 1 aliphatic heterocycles. The molecule has 0 unspecified atom stereocenters. The summed E-state index contributed by atoms with van der Waals surface area (Å²) in [7, 11) is 0. The zero-order valence-electron chi connectivity index (χ0n) is 14.2. The highest BCUT2D eigenvalue weighted by atomic mass is 35.5. The molecule has 1 saturated heterocycles. The van der Waals surface area contributed by atoms with E-state index in [1.807, 2.05) is 30.3 Å². The van der Waals surface area contributed by atoms with E-state index in [-0.39, 0.29) is 17.6 Å². The first-order valence-electron chi connectivity index (χ1n) is 8.30. The monoisotopic (exact) mass is 370 g/mol. The average molecular weight is 371 g/mol. The first-order valence-corrected chi connectivity index (χ1v) is 8.67. The number of benzene rings is 2. The molecule has 2 aromatic carbocycles. The van der Waals surface area contributed by atoms with Gasteiger partial charge < -0.3 is 14.9 Å². The van der Waals surface area contributed by atoms with Crippen LogP contribution in [0.3, 0.4) is 0 Å². The van der Waals surface area contributed by atoms with E-state index in [4.69, 9.17) is 11.6 Å². The average Bonchev–Trinajstić information content (AvgIpc) is 2.67. The summed E-state index contributed by atoms with van der Waals surface area (Å²) in [5.41, 5.74) is 1.76. The van der Waals surface area contributed by atoms with Gasteiger partial charge in [-0.15, -0.1) is 0 Å². The third kappa shape index (κ3) is 3.58. The Hall–Kier alpha value is -2.79. The van der Waals surface area contributed by atoms with E-state index in [0.717, 1.165) is 5.56 Å². The van der Waals surface area contributed by atoms with Crippen molar-refractivity contribution in [3.8, 4) is 16.9 Å². The van der Waals surface area contributed by atoms with Gasteiger partial charge in [-0.1, -0.05) is 48.5 Å². The SMILES string of the molecule is C=CC(=O)N1CCN(C(=O)c2cc(O)cc(Cl)c2-c2ccccc2)CC1. The van der Waals surface area contributed by atoms with Gasteiger partial charge in [0.05, 0.1) is 10.6 Å². The second kappa shape index (κ2) is 7.62. The lowest BCUT2D eigenvalue weighted by molar-refractivity contribution is -0.127. The summed E-state index contributed by atoms with van der Waals surface area (Å²) in [6.45, 7) is 5.22. The number of piperazine rings is 1. The Morgan fingerprint density at radius 2 is 1.65 bits per heavy atom. The first kappa shape index (κ1) is 18.0. The molecular formula is C20H19ClN2O3. The van der Waals surface area contributed by atoms with Crippen molar-refractivity contribution >= 4 is 23.4 Å². The molecule has 1 heterocycles. The quantitative estimate of drug-likeness (QED) is 0.844. The summed E-state index contributed by atoms with van der Waals surface area (Å²) in [6.07, 6.45) is 1.28. The molecule has 2 aromatic rings. The summed E-state index contributed by atoms with van der Waals surface area (Å²) in [6, 6.07) is 12.2. The van der Waals surface area contributed by atoms with Crippen LogP contribution in [0.15, 0.2) is 55.1 Å². The van der Waals surface area contributed by atoms with Crippen LogP contribution in [0.25, 0.3) is 11.1 Å². The summed E-state index contributed by atoms with van der Waals surface area (Å²) >= 11 is 6.34. The Balaban J connectivity index is 1.91. The summed E-state index contributed by atoms with van der Waals surface area (Å²) in [5.74, 6) is -0.409. The van der Waals surface area contributed by atoms with Gasteiger partial charge in [-0.25, -0.2) is 0 Å². The minimum absolute atomic E-state index is 0.0569. The second-order valence-corrected chi connectivity index (χ2v) is 6.44. The molecule has 0 bridgehead atoms. The van der Waals surface area contributed by atoms with Gasteiger partial charge in [0, 0.05) is 31.7 Å². The maximum Gasteiger partial charge on any atom is 0.254 e. The van der Waals surface area contributed by atoms with E-state index >= 15 is 0 Å². The third-order valence-electron chi connectivity index (χ3n) is 4.42. The standard InChI is InChI=1S/C20H19ClN2O3/c1-2-18(25)22-8-10-23(11-9-22)20(26)16-12-15(24)13-17(21)19(16)14-6-4-3-5-7-14/h2-7,12-13,24H,1,8-11H2. The van der Waals surface area contributed by atoms with Crippen LogP contribution in [0.1, 0.15) is 10.4 Å². The van der Waals surface area contributed by atoms with Crippen molar-refractivity contribution in [3.63, 3.8) is 0 Å². The third-order valence-corrected chi connectivity index (χ3v) is 4.72.